The SMILES string of the molecule is CC(C)CCC(C)NC(=O)CN1CCCCC1CCN. The lowest BCUT2D eigenvalue weighted by molar-refractivity contribution is -0.123. The molecule has 1 aliphatic rings. The largest absolute Gasteiger partial charge is 0.353 e. The van der Waals surface area contributed by atoms with Crippen molar-refractivity contribution in [2.45, 2.75) is 71.4 Å². The van der Waals surface area contributed by atoms with Crippen molar-refractivity contribution >= 4 is 5.91 Å². The van der Waals surface area contributed by atoms with Gasteiger partial charge in [0, 0.05) is 12.1 Å². The van der Waals surface area contributed by atoms with E-state index in [4.69, 9.17) is 5.73 Å². The Bertz CT molecular complexity index is 279. The average molecular weight is 283 g/mol. The first kappa shape index (κ1) is 17.4. The van der Waals surface area contributed by atoms with Crippen molar-refractivity contribution in [1.82, 2.24) is 10.2 Å². The molecule has 1 fully saturated rings. The van der Waals surface area contributed by atoms with Gasteiger partial charge in [0.1, 0.15) is 0 Å². The van der Waals surface area contributed by atoms with E-state index in [1.807, 2.05) is 0 Å². The van der Waals surface area contributed by atoms with Gasteiger partial charge in [-0.25, -0.2) is 0 Å². The maximum atomic E-state index is 12.1. The number of nitrogens with one attached hydrogen (secondary N) is 1. The molecule has 4 heteroatoms. The number of likely N-dealkylation sites (tertiary alicyclic amines) is 1. The highest BCUT2D eigenvalue weighted by Gasteiger charge is 2.23. The first-order valence-electron chi connectivity index (χ1n) is 8.26. The molecule has 3 N–H and O–H groups in total. The Kier molecular flexibility index (Phi) is 8.15. The van der Waals surface area contributed by atoms with E-state index in [0.717, 1.165) is 19.4 Å². The van der Waals surface area contributed by atoms with Crippen molar-refractivity contribution in [2.75, 3.05) is 19.6 Å². The molecule has 1 saturated heterocycles. The van der Waals surface area contributed by atoms with Crippen LogP contribution in [-0.4, -0.2) is 42.5 Å². The Morgan fingerprint density at radius 3 is 2.70 bits per heavy atom. The molecule has 0 bridgehead atoms. The van der Waals surface area contributed by atoms with Crippen molar-refractivity contribution in [2.24, 2.45) is 11.7 Å². The zero-order valence-electron chi connectivity index (χ0n) is 13.5. The van der Waals surface area contributed by atoms with Crippen LogP contribution in [0.1, 0.15) is 59.3 Å². The number of carbonyl (C=O) groups is 1. The highest BCUT2D eigenvalue weighted by molar-refractivity contribution is 5.78. The van der Waals surface area contributed by atoms with E-state index in [0.29, 0.717) is 25.0 Å². The first-order valence-corrected chi connectivity index (χ1v) is 8.26. The van der Waals surface area contributed by atoms with Gasteiger partial charge in [0.05, 0.1) is 6.54 Å². The minimum absolute atomic E-state index is 0.171. The zero-order valence-corrected chi connectivity index (χ0v) is 13.5. The van der Waals surface area contributed by atoms with Crippen molar-refractivity contribution in [3.63, 3.8) is 0 Å². The van der Waals surface area contributed by atoms with E-state index in [-0.39, 0.29) is 11.9 Å². The Morgan fingerprint density at radius 2 is 2.05 bits per heavy atom. The Hall–Kier alpha value is -0.610. The van der Waals surface area contributed by atoms with Crippen LogP contribution in [0.15, 0.2) is 0 Å². The summed E-state index contributed by atoms with van der Waals surface area (Å²) in [5.41, 5.74) is 5.67. The second kappa shape index (κ2) is 9.35. The van der Waals surface area contributed by atoms with E-state index in [1.165, 1.54) is 25.7 Å². The number of carbonyl (C=O) groups excluding carboxylic acids is 1. The van der Waals surface area contributed by atoms with Gasteiger partial charge in [0.25, 0.3) is 0 Å². The standard InChI is InChI=1S/C16H33N3O/c1-13(2)7-8-14(3)18-16(20)12-19-11-5-4-6-15(19)9-10-17/h13-15H,4-12,17H2,1-3H3,(H,18,20). The number of nitrogens with zero attached hydrogens (tertiary/aromatic N) is 1. The molecule has 0 aromatic carbocycles. The number of rotatable bonds is 8. The van der Waals surface area contributed by atoms with Gasteiger partial charge in [-0.2, -0.15) is 0 Å². The number of hydrogen-bond acceptors (Lipinski definition) is 3. The van der Waals surface area contributed by atoms with Gasteiger partial charge in [-0.3, -0.25) is 9.69 Å². The first-order chi connectivity index (χ1) is 9.52. The summed E-state index contributed by atoms with van der Waals surface area (Å²) in [4.78, 5) is 14.5. The molecule has 1 rings (SSSR count). The predicted octanol–water partition coefficient (Wildman–Crippen LogP) is 2.13. The molecule has 0 aromatic heterocycles. The van der Waals surface area contributed by atoms with Crippen LogP contribution < -0.4 is 11.1 Å². The van der Waals surface area contributed by atoms with E-state index < -0.39 is 0 Å². The van der Waals surface area contributed by atoms with Gasteiger partial charge in [0.2, 0.25) is 5.91 Å². The average Bonchev–Trinajstić information content (AvgIpc) is 2.39. The molecule has 2 unspecified atom stereocenters. The molecule has 118 valence electrons. The molecular formula is C16H33N3O. The fraction of sp³-hybridized carbons (Fsp3) is 0.938. The van der Waals surface area contributed by atoms with Crippen LogP contribution in [0.2, 0.25) is 0 Å². The van der Waals surface area contributed by atoms with Crippen molar-refractivity contribution in [3.05, 3.63) is 0 Å². The van der Waals surface area contributed by atoms with Crippen LogP contribution in [-0.2, 0) is 4.79 Å². The maximum Gasteiger partial charge on any atom is 0.234 e. The predicted molar refractivity (Wildman–Crippen MR) is 84.6 cm³/mol. The summed E-state index contributed by atoms with van der Waals surface area (Å²) < 4.78 is 0. The second-order valence-electron chi connectivity index (χ2n) is 6.64. The van der Waals surface area contributed by atoms with Crippen LogP contribution >= 0.6 is 0 Å². The fourth-order valence-corrected chi connectivity index (χ4v) is 2.95. The Balaban J connectivity index is 2.32. The van der Waals surface area contributed by atoms with Crippen molar-refractivity contribution in [1.29, 1.82) is 0 Å². The van der Waals surface area contributed by atoms with Gasteiger partial charge in [-0.15, -0.1) is 0 Å². The van der Waals surface area contributed by atoms with Crippen LogP contribution in [0.5, 0.6) is 0 Å². The third kappa shape index (κ3) is 6.71. The summed E-state index contributed by atoms with van der Waals surface area (Å²) in [6.45, 7) is 8.84. The Labute approximate surface area is 124 Å². The molecule has 0 spiro atoms. The van der Waals surface area contributed by atoms with E-state index in [1.54, 1.807) is 0 Å². The fourth-order valence-electron chi connectivity index (χ4n) is 2.95. The number of piperidine rings is 1. The van der Waals surface area contributed by atoms with Gasteiger partial charge in [0.15, 0.2) is 0 Å². The van der Waals surface area contributed by atoms with Gasteiger partial charge in [-0.1, -0.05) is 20.3 Å². The summed E-state index contributed by atoms with van der Waals surface area (Å²) >= 11 is 0. The summed E-state index contributed by atoms with van der Waals surface area (Å²) in [6.07, 6.45) is 6.91. The normalized spacial score (nSPS) is 21.9. The molecule has 1 aliphatic heterocycles. The minimum Gasteiger partial charge on any atom is -0.353 e. The monoisotopic (exact) mass is 283 g/mol. The van der Waals surface area contributed by atoms with Gasteiger partial charge >= 0.3 is 0 Å². The molecule has 0 saturated carbocycles. The van der Waals surface area contributed by atoms with Gasteiger partial charge in [-0.05, 0) is 58.0 Å². The highest BCUT2D eigenvalue weighted by atomic mass is 16.2. The van der Waals surface area contributed by atoms with Crippen LogP contribution in [0.25, 0.3) is 0 Å². The van der Waals surface area contributed by atoms with Crippen LogP contribution in [0.3, 0.4) is 0 Å². The van der Waals surface area contributed by atoms with E-state index >= 15 is 0 Å². The summed E-state index contributed by atoms with van der Waals surface area (Å²) in [7, 11) is 0. The van der Waals surface area contributed by atoms with Crippen molar-refractivity contribution < 1.29 is 4.79 Å². The highest BCUT2D eigenvalue weighted by Crippen LogP contribution is 2.18. The van der Waals surface area contributed by atoms with Gasteiger partial charge < -0.3 is 11.1 Å². The molecule has 4 nitrogen and oxygen atoms in total. The second-order valence-corrected chi connectivity index (χ2v) is 6.64. The quantitative estimate of drug-likeness (QED) is 0.717. The van der Waals surface area contributed by atoms with Crippen molar-refractivity contribution in [3.8, 4) is 0 Å². The molecule has 1 heterocycles. The maximum absolute atomic E-state index is 12.1. The van der Waals surface area contributed by atoms with Crippen LogP contribution in [0, 0.1) is 5.92 Å². The smallest absolute Gasteiger partial charge is 0.234 e. The lowest BCUT2D eigenvalue weighted by Gasteiger charge is -2.35. The summed E-state index contributed by atoms with van der Waals surface area (Å²) in [5.74, 6) is 0.871. The van der Waals surface area contributed by atoms with E-state index in [2.05, 4.69) is 31.0 Å². The molecule has 20 heavy (non-hydrogen) atoms. The molecule has 1 amide bonds. The lowest BCUT2D eigenvalue weighted by Crippen LogP contribution is -2.47. The molecular weight excluding hydrogens is 250 g/mol. The lowest BCUT2D eigenvalue weighted by atomic mass is 9.99. The molecule has 0 aliphatic carbocycles. The number of amides is 1. The zero-order chi connectivity index (χ0) is 15.0. The summed E-state index contributed by atoms with van der Waals surface area (Å²) in [5, 5.41) is 3.13. The van der Waals surface area contributed by atoms with Crippen LogP contribution in [0.4, 0.5) is 0 Å². The third-order valence-corrected chi connectivity index (χ3v) is 4.18. The molecule has 0 radical (unpaired) electrons. The molecule has 2 atom stereocenters. The minimum atomic E-state index is 0.171. The topological polar surface area (TPSA) is 58.4 Å². The number of hydrogen-bond donors (Lipinski definition) is 2. The third-order valence-electron chi connectivity index (χ3n) is 4.18. The Morgan fingerprint density at radius 1 is 1.30 bits per heavy atom. The van der Waals surface area contributed by atoms with E-state index in [9.17, 15) is 4.79 Å². The number of nitrogens with two attached hydrogens (primary N) is 1. The summed E-state index contributed by atoms with van der Waals surface area (Å²) in [6, 6.07) is 0.785. The molecule has 0 aromatic rings.